The maximum absolute atomic E-state index is 13.0. The minimum absolute atomic E-state index is 0.0413. The number of hydrogen-bond donors (Lipinski definition) is 2. The molecule has 7 nitrogen and oxygen atoms in total. The van der Waals surface area contributed by atoms with E-state index in [1.807, 2.05) is 25.1 Å². The van der Waals surface area contributed by atoms with E-state index in [4.69, 9.17) is 0 Å². The fourth-order valence-electron chi connectivity index (χ4n) is 3.64. The van der Waals surface area contributed by atoms with Gasteiger partial charge < -0.3 is 10.6 Å². The number of anilines is 2. The van der Waals surface area contributed by atoms with Gasteiger partial charge in [-0.1, -0.05) is 43.3 Å². The summed E-state index contributed by atoms with van der Waals surface area (Å²) < 4.78 is 25.8. The van der Waals surface area contributed by atoms with E-state index in [0.29, 0.717) is 5.69 Å². The molecule has 1 unspecified atom stereocenters. The van der Waals surface area contributed by atoms with Crippen molar-refractivity contribution in [1.82, 2.24) is 0 Å². The van der Waals surface area contributed by atoms with Crippen molar-refractivity contribution in [2.45, 2.75) is 23.5 Å². The van der Waals surface area contributed by atoms with E-state index in [1.165, 1.54) is 42.5 Å². The molecule has 0 aliphatic carbocycles. The third-order valence-corrected chi connectivity index (χ3v) is 7.29. The van der Waals surface area contributed by atoms with Crippen LogP contribution in [0.3, 0.4) is 0 Å². The van der Waals surface area contributed by atoms with Gasteiger partial charge in [0.2, 0.25) is 5.25 Å². The molecule has 4 rings (SSSR count). The lowest BCUT2D eigenvalue weighted by molar-refractivity contribution is -0.115. The van der Waals surface area contributed by atoms with Crippen molar-refractivity contribution in [3.8, 4) is 0 Å². The fraction of sp³-hybridized carbons (Fsp3) is 0.125. The molecule has 32 heavy (non-hydrogen) atoms. The van der Waals surface area contributed by atoms with Crippen LogP contribution >= 0.6 is 0 Å². The number of nitrogens with one attached hydrogen (secondary N) is 2. The number of carbonyl (C=O) groups excluding carboxylic acids is 3. The number of Topliss-reactive ketones (excluding diaryl/α,β-unsaturated/α-hetero) is 1. The van der Waals surface area contributed by atoms with Gasteiger partial charge in [-0.2, -0.15) is 0 Å². The molecule has 0 fully saturated rings. The van der Waals surface area contributed by atoms with Gasteiger partial charge >= 0.3 is 0 Å². The van der Waals surface area contributed by atoms with Crippen LogP contribution in [-0.2, 0) is 21.1 Å². The number of hydrogen-bond acceptors (Lipinski definition) is 5. The molecule has 0 bridgehead atoms. The van der Waals surface area contributed by atoms with Crippen LogP contribution < -0.4 is 10.6 Å². The summed E-state index contributed by atoms with van der Waals surface area (Å²) in [6.45, 7) is 1.98. The lowest BCUT2D eigenvalue weighted by Gasteiger charge is -2.24. The van der Waals surface area contributed by atoms with E-state index in [0.717, 1.165) is 12.0 Å². The first-order valence-electron chi connectivity index (χ1n) is 10.00. The minimum atomic E-state index is -4.22. The molecule has 8 heteroatoms. The molecule has 2 N–H and O–H groups in total. The predicted molar refractivity (Wildman–Crippen MR) is 121 cm³/mol. The summed E-state index contributed by atoms with van der Waals surface area (Å²) in [4.78, 5) is 38.2. The zero-order valence-electron chi connectivity index (χ0n) is 17.2. The van der Waals surface area contributed by atoms with Gasteiger partial charge in [0.1, 0.15) is 0 Å². The smallest absolute Gasteiger partial charge is 0.255 e. The van der Waals surface area contributed by atoms with Crippen LogP contribution in [-0.4, -0.2) is 31.3 Å². The summed E-state index contributed by atoms with van der Waals surface area (Å²) in [6.07, 6.45) is 0.739. The first-order chi connectivity index (χ1) is 15.3. The molecule has 0 spiro atoms. The van der Waals surface area contributed by atoms with Crippen LogP contribution in [0.2, 0.25) is 0 Å². The number of sulfone groups is 1. The summed E-state index contributed by atoms with van der Waals surface area (Å²) in [5, 5.41) is 3.43. The number of benzene rings is 3. The summed E-state index contributed by atoms with van der Waals surface area (Å²) in [5.74, 6) is -2.18. The third-order valence-electron chi connectivity index (χ3n) is 5.31. The number of fused-ring (bicyclic) bond motifs is 1. The highest BCUT2D eigenvalue weighted by molar-refractivity contribution is 7.93. The second kappa shape index (κ2) is 8.39. The Balaban J connectivity index is 1.64. The summed E-state index contributed by atoms with van der Waals surface area (Å²) in [5.41, 5.74) is 2.02. The molecular weight excluding hydrogens is 428 g/mol. The van der Waals surface area contributed by atoms with Crippen LogP contribution in [0.15, 0.2) is 77.7 Å². The third kappa shape index (κ3) is 3.80. The van der Waals surface area contributed by atoms with Crippen LogP contribution in [0.25, 0.3) is 0 Å². The molecule has 3 aromatic carbocycles. The van der Waals surface area contributed by atoms with E-state index in [1.54, 1.807) is 12.1 Å². The highest BCUT2D eigenvalue weighted by atomic mass is 32.2. The van der Waals surface area contributed by atoms with Crippen LogP contribution in [0.1, 0.15) is 33.2 Å². The van der Waals surface area contributed by atoms with Crippen molar-refractivity contribution < 1.29 is 22.8 Å². The lowest BCUT2D eigenvalue weighted by Crippen LogP contribution is -2.45. The molecule has 3 aromatic rings. The number of aryl methyl sites for hydroxylation is 1. The van der Waals surface area contributed by atoms with Gasteiger partial charge in [-0.3, -0.25) is 14.4 Å². The van der Waals surface area contributed by atoms with Crippen molar-refractivity contribution in [3.63, 3.8) is 0 Å². The van der Waals surface area contributed by atoms with Gasteiger partial charge in [0, 0.05) is 16.8 Å². The Kier molecular flexibility index (Phi) is 5.63. The predicted octanol–water partition coefficient (Wildman–Crippen LogP) is 3.48. The van der Waals surface area contributed by atoms with Gasteiger partial charge in [0.25, 0.3) is 11.8 Å². The maximum Gasteiger partial charge on any atom is 0.255 e. The number of amides is 2. The van der Waals surface area contributed by atoms with Crippen molar-refractivity contribution in [1.29, 1.82) is 0 Å². The van der Waals surface area contributed by atoms with Gasteiger partial charge in [0.05, 0.1) is 10.6 Å². The van der Waals surface area contributed by atoms with Gasteiger partial charge in [-0.05, 0) is 48.4 Å². The highest BCUT2D eigenvalue weighted by Crippen LogP contribution is 2.30. The van der Waals surface area contributed by atoms with Crippen LogP contribution in [0.5, 0.6) is 0 Å². The van der Waals surface area contributed by atoms with Crippen molar-refractivity contribution in [3.05, 3.63) is 89.5 Å². The number of rotatable bonds is 5. The zero-order chi connectivity index (χ0) is 22.9. The molecular formula is C24H20N2O5S. The Morgan fingerprint density at radius 1 is 0.969 bits per heavy atom. The highest BCUT2D eigenvalue weighted by Gasteiger charge is 2.44. The fourth-order valence-corrected chi connectivity index (χ4v) is 5.19. The van der Waals surface area contributed by atoms with Crippen LogP contribution in [0, 0.1) is 0 Å². The Bertz CT molecular complexity index is 1330. The second-order valence-corrected chi connectivity index (χ2v) is 9.35. The number of carbonyl (C=O) groups is 3. The average Bonchev–Trinajstić information content (AvgIpc) is 2.79. The maximum atomic E-state index is 13.0. The van der Waals surface area contributed by atoms with Crippen LogP contribution in [0.4, 0.5) is 11.4 Å². The first-order valence-corrected chi connectivity index (χ1v) is 11.5. The molecule has 1 atom stereocenters. The Morgan fingerprint density at radius 2 is 1.66 bits per heavy atom. The standard InChI is InChI=1S/C24H20N2O5S/c1-2-15-8-6-7-11-19(15)25-23(28)16-12-13-18-20(14-16)26-24(29)22(21(18)27)32(30,31)17-9-4-3-5-10-17/h3-14,22H,2H2,1H3,(H,25,28)(H,26,29). The van der Waals surface area contributed by atoms with E-state index < -0.39 is 32.7 Å². The lowest BCUT2D eigenvalue weighted by atomic mass is 9.99. The SMILES string of the molecule is CCc1ccccc1NC(=O)c1ccc2c(c1)NC(=O)C(S(=O)(=O)c1ccccc1)C2=O. The topological polar surface area (TPSA) is 109 Å². The monoisotopic (exact) mass is 448 g/mol. The summed E-state index contributed by atoms with van der Waals surface area (Å²) in [7, 11) is -4.22. The Hall–Kier alpha value is -3.78. The number of ketones is 1. The quantitative estimate of drug-likeness (QED) is 0.581. The zero-order valence-corrected chi connectivity index (χ0v) is 18.0. The molecule has 1 aliphatic heterocycles. The molecule has 0 radical (unpaired) electrons. The summed E-state index contributed by atoms with van der Waals surface area (Å²) >= 11 is 0. The molecule has 0 saturated carbocycles. The van der Waals surface area contributed by atoms with E-state index in [2.05, 4.69) is 10.6 Å². The average molecular weight is 449 g/mol. The molecule has 1 aliphatic rings. The summed E-state index contributed by atoms with van der Waals surface area (Å²) in [6, 6.07) is 18.9. The first kappa shape index (κ1) is 21.5. The molecule has 162 valence electrons. The van der Waals surface area contributed by atoms with Gasteiger partial charge in [0.15, 0.2) is 15.6 Å². The Labute approximate surface area is 185 Å². The number of para-hydroxylation sites is 1. The van der Waals surface area contributed by atoms with Gasteiger partial charge in [-0.15, -0.1) is 0 Å². The second-order valence-electron chi connectivity index (χ2n) is 7.32. The van der Waals surface area contributed by atoms with Crippen molar-refractivity contribution >= 4 is 38.8 Å². The molecule has 0 aromatic heterocycles. The molecule has 2 amide bonds. The van der Waals surface area contributed by atoms with E-state index >= 15 is 0 Å². The van der Waals surface area contributed by atoms with Crippen molar-refractivity contribution in [2.24, 2.45) is 0 Å². The Morgan fingerprint density at radius 3 is 2.38 bits per heavy atom. The normalized spacial score (nSPS) is 15.6. The van der Waals surface area contributed by atoms with Gasteiger partial charge in [-0.25, -0.2) is 8.42 Å². The van der Waals surface area contributed by atoms with Crippen molar-refractivity contribution in [2.75, 3.05) is 10.6 Å². The van der Waals surface area contributed by atoms with E-state index in [-0.39, 0.29) is 21.7 Å². The minimum Gasteiger partial charge on any atom is -0.324 e. The molecule has 0 saturated heterocycles. The van der Waals surface area contributed by atoms with E-state index in [9.17, 15) is 22.8 Å². The molecule has 1 heterocycles. The largest absolute Gasteiger partial charge is 0.324 e.